The summed E-state index contributed by atoms with van der Waals surface area (Å²) in [6.07, 6.45) is 4.15. The molecule has 1 heteroatoms. The Hall–Kier alpha value is -0.0400. The maximum Gasteiger partial charge on any atom is 0.0545 e. The van der Waals surface area contributed by atoms with Crippen LogP contribution in [0.15, 0.2) is 0 Å². The number of hydrogen-bond acceptors (Lipinski definition) is 1. The number of rotatable bonds is 6. The minimum atomic E-state index is -0.107. The maximum atomic E-state index is 10.0. The van der Waals surface area contributed by atoms with Gasteiger partial charge in [-0.2, -0.15) is 0 Å². The standard InChI is InChI=1S/C14H30O/c1-7-11(3)9-13(15)10-12(8-2)14(4,5)6/h11-13,15H,7-10H2,1-6H3. The maximum absolute atomic E-state index is 10.0. The monoisotopic (exact) mass is 214 g/mol. The second-order valence-corrected chi connectivity index (χ2v) is 6.11. The Morgan fingerprint density at radius 3 is 1.87 bits per heavy atom. The zero-order valence-electron chi connectivity index (χ0n) is 11.5. The third kappa shape index (κ3) is 6.19. The molecule has 0 aromatic heterocycles. The predicted octanol–water partition coefficient (Wildman–Crippen LogP) is 4.25. The lowest BCUT2D eigenvalue weighted by atomic mass is 9.75. The van der Waals surface area contributed by atoms with Crippen molar-refractivity contribution in [3.8, 4) is 0 Å². The van der Waals surface area contributed by atoms with E-state index in [1.54, 1.807) is 0 Å². The van der Waals surface area contributed by atoms with Gasteiger partial charge in [-0.05, 0) is 30.1 Å². The predicted molar refractivity (Wildman–Crippen MR) is 67.9 cm³/mol. The Labute approximate surface area is 96.3 Å². The molecule has 1 nitrogen and oxygen atoms in total. The normalized spacial score (nSPS) is 18.6. The third-order valence-corrected chi connectivity index (χ3v) is 3.65. The highest BCUT2D eigenvalue weighted by Crippen LogP contribution is 2.33. The summed E-state index contributed by atoms with van der Waals surface area (Å²) < 4.78 is 0. The zero-order valence-corrected chi connectivity index (χ0v) is 11.5. The highest BCUT2D eigenvalue weighted by atomic mass is 16.3. The van der Waals surface area contributed by atoms with E-state index in [0.29, 0.717) is 17.3 Å². The highest BCUT2D eigenvalue weighted by molar-refractivity contribution is 4.76. The largest absolute Gasteiger partial charge is 0.393 e. The summed E-state index contributed by atoms with van der Waals surface area (Å²) >= 11 is 0. The van der Waals surface area contributed by atoms with Crippen LogP contribution in [0.25, 0.3) is 0 Å². The fourth-order valence-corrected chi connectivity index (χ4v) is 2.19. The van der Waals surface area contributed by atoms with Gasteiger partial charge in [-0.1, -0.05) is 54.4 Å². The minimum absolute atomic E-state index is 0.107. The molecule has 0 fully saturated rings. The molecule has 3 unspecified atom stereocenters. The van der Waals surface area contributed by atoms with Gasteiger partial charge >= 0.3 is 0 Å². The van der Waals surface area contributed by atoms with Crippen LogP contribution in [0.2, 0.25) is 0 Å². The van der Waals surface area contributed by atoms with Crippen molar-refractivity contribution in [1.29, 1.82) is 0 Å². The molecule has 1 N–H and O–H groups in total. The second kappa shape index (κ2) is 6.52. The SMILES string of the molecule is CCC(C)CC(O)CC(CC)C(C)(C)C. The van der Waals surface area contributed by atoms with Gasteiger partial charge in [-0.15, -0.1) is 0 Å². The van der Waals surface area contributed by atoms with Crippen molar-refractivity contribution in [1.82, 2.24) is 0 Å². The van der Waals surface area contributed by atoms with E-state index in [4.69, 9.17) is 0 Å². The topological polar surface area (TPSA) is 20.2 Å². The lowest BCUT2D eigenvalue weighted by Crippen LogP contribution is -2.25. The van der Waals surface area contributed by atoms with E-state index >= 15 is 0 Å². The first-order valence-electron chi connectivity index (χ1n) is 6.49. The number of aliphatic hydroxyl groups is 1. The lowest BCUT2D eigenvalue weighted by Gasteiger charge is -2.32. The van der Waals surface area contributed by atoms with E-state index in [-0.39, 0.29) is 6.10 Å². The first-order chi connectivity index (χ1) is 6.81. The lowest BCUT2D eigenvalue weighted by molar-refractivity contribution is 0.0817. The quantitative estimate of drug-likeness (QED) is 0.701. The Balaban J connectivity index is 4.07. The van der Waals surface area contributed by atoms with E-state index in [2.05, 4.69) is 41.5 Å². The van der Waals surface area contributed by atoms with Crippen LogP contribution in [0.1, 0.15) is 67.2 Å². The van der Waals surface area contributed by atoms with Gasteiger partial charge in [0, 0.05) is 0 Å². The average Bonchev–Trinajstić information content (AvgIpc) is 2.12. The van der Waals surface area contributed by atoms with Crippen LogP contribution < -0.4 is 0 Å². The van der Waals surface area contributed by atoms with Crippen LogP contribution in [0.3, 0.4) is 0 Å². The molecule has 0 amide bonds. The van der Waals surface area contributed by atoms with Crippen molar-refractivity contribution in [2.24, 2.45) is 17.3 Å². The fourth-order valence-electron chi connectivity index (χ4n) is 2.19. The summed E-state index contributed by atoms with van der Waals surface area (Å²) in [5.41, 5.74) is 0.325. The van der Waals surface area contributed by atoms with Gasteiger partial charge in [-0.25, -0.2) is 0 Å². The molecule has 0 rings (SSSR count). The van der Waals surface area contributed by atoms with Crippen molar-refractivity contribution in [2.45, 2.75) is 73.3 Å². The van der Waals surface area contributed by atoms with E-state index < -0.39 is 0 Å². The van der Waals surface area contributed by atoms with Crippen LogP contribution in [0, 0.1) is 17.3 Å². The van der Waals surface area contributed by atoms with Gasteiger partial charge < -0.3 is 5.11 Å². The minimum Gasteiger partial charge on any atom is -0.393 e. The number of hydrogen-bond donors (Lipinski definition) is 1. The van der Waals surface area contributed by atoms with E-state index in [0.717, 1.165) is 12.8 Å². The van der Waals surface area contributed by atoms with Gasteiger partial charge in [0.1, 0.15) is 0 Å². The first-order valence-corrected chi connectivity index (χ1v) is 6.49. The van der Waals surface area contributed by atoms with Gasteiger partial charge in [0.05, 0.1) is 6.10 Å². The first kappa shape index (κ1) is 15.0. The summed E-state index contributed by atoms with van der Waals surface area (Å²) in [5.74, 6) is 1.29. The molecule has 92 valence electrons. The molecular formula is C14H30O. The van der Waals surface area contributed by atoms with Crippen molar-refractivity contribution >= 4 is 0 Å². The number of aliphatic hydroxyl groups excluding tert-OH is 1. The molecule has 0 heterocycles. The van der Waals surface area contributed by atoms with Crippen molar-refractivity contribution < 1.29 is 5.11 Å². The molecule has 0 aliphatic carbocycles. The third-order valence-electron chi connectivity index (χ3n) is 3.65. The van der Waals surface area contributed by atoms with Crippen LogP contribution in [-0.2, 0) is 0 Å². The molecular weight excluding hydrogens is 184 g/mol. The van der Waals surface area contributed by atoms with Crippen molar-refractivity contribution in [3.63, 3.8) is 0 Å². The average molecular weight is 214 g/mol. The Morgan fingerprint density at radius 2 is 1.53 bits per heavy atom. The van der Waals surface area contributed by atoms with Gasteiger partial charge in [0.15, 0.2) is 0 Å². The molecule has 0 aliphatic rings. The summed E-state index contributed by atoms with van der Waals surface area (Å²) in [7, 11) is 0. The molecule has 3 atom stereocenters. The summed E-state index contributed by atoms with van der Waals surface area (Å²) in [4.78, 5) is 0. The van der Waals surface area contributed by atoms with Gasteiger partial charge in [-0.3, -0.25) is 0 Å². The molecule has 0 saturated heterocycles. The van der Waals surface area contributed by atoms with Crippen LogP contribution in [0.5, 0.6) is 0 Å². The molecule has 0 aromatic rings. The molecule has 0 aliphatic heterocycles. The van der Waals surface area contributed by atoms with E-state index in [1.807, 2.05) is 0 Å². The summed E-state index contributed by atoms with van der Waals surface area (Å²) in [5, 5.41) is 10.0. The Kier molecular flexibility index (Phi) is 6.51. The van der Waals surface area contributed by atoms with Crippen LogP contribution in [0.4, 0.5) is 0 Å². The molecule has 0 bridgehead atoms. The molecule has 0 spiro atoms. The van der Waals surface area contributed by atoms with Crippen molar-refractivity contribution in [3.05, 3.63) is 0 Å². The molecule has 0 radical (unpaired) electrons. The van der Waals surface area contributed by atoms with E-state index in [1.165, 1.54) is 12.8 Å². The molecule has 0 saturated carbocycles. The fraction of sp³-hybridized carbons (Fsp3) is 1.00. The van der Waals surface area contributed by atoms with Gasteiger partial charge in [0.2, 0.25) is 0 Å². The summed E-state index contributed by atoms with van der Waals surface area (Å²) in [6.45, 7) is 13.5. The van der Waals surface area contributed by atoms with Gasteiger partial charge in [0.25, 0.3) is 0 Å². The Morgan fingerprint density at radius 1 is 1.00 bits per heavy atom. The highest BCUT2D eigenvalue weighted by Gasteiger charge is 2.25. The zero-order chi connectivity index (χ0) is 12.1. The Bertz CT molecular complexity index is 157. The molecule has 15 heavy (non-hydrogen) atoms. The summed E-state index contributed by atoms with van der Waals surface area (Å²) in [6, 6.07) is 0. The van der Waals surface area contributed by atoms with Crippen LogP contribution >= 0.6 is 0 Å². The van der Waals surface area contributed by atoms with E-state index in [9.17, 15) is 5.11 Å². The smallest absolute Gasteiger partial charge is 0.0545 e. The van der Waals surface area contributed by atoms with Crippen molar-refractivity contribution in [2.75, 3.05) is 0 Å². The molecule has 0 aromatic carbocycles. The van der Waals surface area contributed by atoms with Crippen LogP contribution in [-0.4, -0.2) is 11.2 Å². The second-order valence-electron chi connectivity index (χ2n) is 6.11.